The molecular weight excluding hydrogens is 733 g/mol. The van der Waals surface area contributed by atoms with Gasteiger partial charge in [-0.1, -0.05) is 170 Å². The Balaban J connectivity index is 0.000000200. The van der Waals surface area contributed by atoms with Gasteiger partial charge < -0.3 is 24.8 Å². The Bertz CT molecular complexity index is 1850. The molecule has 0 nitrogen and oxygen atoms in total. The van der Waals surface area contributed by atoms with Crippen molar-refractivity contribution < 1.29 is 24.8 Å². The van der Waals surface area contributed by atoms with Crippen molar-refractivity contribution in [1.29, 1.82) is 0 Å². The van der Waals surface area contributed by atoms with E-state index in [1.54, 1.807) is 0 Å². The normalized spacial score (nSPS) is 10.8. The van der Waals surface area contributed by atoms with Crippen molar-refractivity contribution in [3.05, 3.63) is 254 Å². The molecule has 8 aromatic rings. The standard InChI is InChI=1S/2C25H22P.2ClH/c2*1-5-13-22(14-6-1)21-26(23-15-7-2-8-16-23,24-17-9-3-10-18-24)25-19-11-4-12-20-25;;/h2*1-20H,21H2;2*1H/q2*+1;;/p-2. The zero-order chi connectivity index (χ0) is 35.3. The number of halogens is 2. The fourth-order valence-corrected chi connectivity index (χ4v) is 15.7. The average molecular weight is 778 g/mol. The lowest BCUT2D eigenvalue weighted by molar-refractivity contribution is -0.001000. The summed E-state index contributed by atoms with van der Waals surface area (Å²) in [6.45, 7) is 0. The first-order valence-corrected chi connectivity index (χ1v) is 21.9. The molecule has 0 spiro atoms. The Morgan fingerprint density at radius 3 is 0.519 bits per heavy atom. The van der Waals surface area contributed by atoms with Crippen molar-refractivity contribution in [3.63, 3.8) is 0 Å². The van der Waals surface area contributed by atoms with Crippen LogP contribution in [0.15, 0.2) is 243 Å². The molecule has 0 fully saturated rings. The van der Waals surface area contributed by atoms with E-state index in [0.29, 0.717) is 0 Å². The molecule has 0 N–H and O–H groups in total. The molecule has 0 radical (unpaired) electrons. The lowest BCUT2D eigenvalue weighted by Gasteiger charge is -2.27. The summed E-state index contributed by atoms with van der Waals surface area (Å²) in [7, 11) is -3.55. The molecule has 8 rings (SSSR count). The quantitative estimate of drug-likeness (QED) is 0.181. The summed E-state index contributed by atoms with van der Waals surface area (Å²) in [6.07, 6.45) is 2.07. The maximum absolute atomic E-state index is 2.30. The topological polar surface area (TPSA) is 0 Å². The van der Waals surface area contributed by atoms with E-state index < -0.39 is 14.5 Å². The summed E-state index contributed by atoms with van der Waals surface area (Å²) in [4.78, 5) is 0. The number of hydrogen-bond donors (Lipinski definition) is 0. The van der Waals surface area contributed by atoms with Crippen LogP contribution in [0.2, 0.25) is 0 Å². The Morgan fingerprint density at radius 1 is 0.204 bits per heavy atom. The van der Waals surface area contributed by atoms with Crippen LogP contribution in [-0.4, -0.2) is 0 Å². The fourth-order valence-electron chi connectivity index (χ4n) is 7.25. The summed E-state index contributed by atoms with van der Waals surface area (Å²) in [5, 5.41) is 8.59. The summed E-state index contributed by atoms with van der Waals surface area (Å²) >= 11 is 0. The summed E-state index contributed by atoms with van der Waals surface area (Å²) in [5.74, 6) is 0. The third-order valence-corrected chi connectivity index (χ3v) is 18.5. The highest BCUT2D eigenvalue weighted by molar-refractivity contribution is 7.95. The van der Waals surface area contributed by atoms with Gasteiger partial charge in [0.1, 0.15) is 46.4 Å². The van der Waals surface area contributed by atoms with Crippen molar-refractivity contribution in [2.45, 2.75) is 12.3 Å². The number of hydrogen-bond acceptors (Lipinski definition) is 0. The van der Waals surface area contributed by atoms with Crippen molar-refractivity contribution in [3.8, 4) is 0 Å². The minimum absolute atomic E-state index is 0. The van der Waals surface area contributed by atoms with Crippen LogP contribution in [0.4, 0.5) is 0 Å². The van der Waals surface area contributed by atoms with E-state index in [4.69, 9.17) is 0 Å². The van der Waals surface area contributed by atoms with E-state index in [2.05, 4.69) is 243 Å². The highest BCUT2D eigenvalue weighted by Gasteiger charge is 2.46. The van der Waals surface area contributed by atoms with Crippen LogP contribution in [0, 0.1) is 0 Å². The maximum Gasteiger partial charge on any atom is 0.116 e. The van der Waals surface area contributed by atoms with Gasteiger partial charge in [-0.3, -0.25) is 0 Å². The Morgan fingerprint density at radius 2 is 0.352 bits per heavy atom. The highest BCUT2D eigenvalue weighted by Crippen LogP contribution is 2.59. The fraction of sp³-hybridized carbons (Fsp3) is 0.0400. The molecule has 268 valence electrons. The second kappa shape index (κ2) is 20.0. The Labute approximate surface area is 335 Å². The van der Waals surface area contributed by atoms with Crippen LogP contribution in [0.3, 0.4) is 0 Å². The number of rotatable bonds is 10. The molecule has 4 heteroatoms. The largest absolute Gasteiger partial charge is 1.00 e. The minimum Gasteiger partial charge on any atom is -1.00 e. The first-order chi connectivity index (χ1) is 25.8. The van der Waals surface area contributed by atoms with Gasteiger partial charge in [-0.25, -0.2) is 0 Å². The van der Waals surface area contributed by atoms with Gasteiger partial charge in [-0.05, 0) is 83.9 Å². The van der Waals surface area contributed by atoms with Crippen LogP contribution in [-0.2, 0) is 12.3 Å². The van der Waals surface area contributed by atoms with Crippen LogP contribution in [0.25, 0.3) is 0 Å². The molecule has 0 atom stereocenters. The van der Waals surface area contributed by atoms with Gasteiger partial charge >= 0.3 is 0 Å². The number of benzene rings is 8. The van der Waals surface area contributed by atoms with Crippen molar-refractivity contribution in [1.82, 2.24) is 0 Å². The second-order valence-electron chi connectivity index (χ2n) is 12.9. The lowest BCUT2D eigenvalue weighted by atomic mass is 10.2. The monoisotopic (exact) mass is 776 g/mol. The van der Waals surface area contributed by atoms with Gasteiger partial charge in [0, 0.05) is 0 Å². The summed E-state index contributed by atoms with van der Waals surface area (Å²) in [5.41, 5.74) is 2.77. The van der Waals surface area contributed by atoms with Gasteiger partial charge in [-0.2, -0.15) is 0 Å². The smallest absolute Gasteiger partial charge is 0.116 e. The van der Waals surface area contributed by atoms with E-state index in [0.717, 1.165) is 12.3 Å². The third kappa shape index (κ3) is 9.10. The van der Waals surface area contributed by atoms with Crippen molar-refractivity contribution >= 4 is 46.4 Å². The predicted octanol–water partition coefficient (Wildman–Crippen LogP) is 4.37. The van der Waals surface area contributed by atoms with Crippen molar-refractivity contribution in [2.24, 2.45) is 0 Å². The van der Waals surface area contributed by atoms with Gasteiger partial charge in [0.05, 0.1) is 12.3 Å². The van der Waals surface area contributed by atoms with Crippen molar-refractivity contribution in [2.75, 3.05) is 0 Å². The first-order valence-electron chi connectivity index (χ1n) is 18.0. The molecule has 0 bridgehead atoms. The molecule has 0 saturated heterocycles. The maximum atomic E-state index is 2.30. The summed E-state index contributed by atoms with van der Waals surface area (Å²) < 4.78 is 0. The molecule has 0 unspecified atom stereocenters. The zero-order valence-corrected chi connectivity index (χ0v) is 33.5. The molecule has 0 aliphatic rings. The Hall–Kier alpha value is -4.80. The Kier molecular flexibility index (Phi) is 15.0. The van der Waals surface area contributed by atoms with Crippen LogP contribution in [0.5, 0.6) is 0 Å². The minimum atomic E-state index is -1.78. The summed E-state index contributed by atoms with van der Waals surface area (Å²) in [6, 6.07) is 88.1. The molecule has 54 heavy (non-hydrogen) atoms. The SMILES string of the molecule is [Cl-].[Cl-].c1ccc(C[P+](c2ccccc2)(c2ccccc2)c2ccccc2)cc1.c1ccc(C[P+](c2ccccc2)(c2ccccc2)c2ccccc2)cc1. The molecular formula is C50H44Cl2P2. The van der Waals surface area contributed by atoms with Crippen LogP contribution in [0.1, 0.15) is 11.1 Å². The zero-order valence-electron chi connectivity index (χ0n) is 30.2. The van der Waals surface area contributed by atoms with E-state index in [1.165, 1.54) is 43.0 Å². The third-order valence-electron chi connectivity index (χ3n) is 9.71. The average Bonchev–Trinajstić information content (AvgIpc) is 3.25. The molecule has 0 heterocycles. The molecule has 0 aliphatic heterocycles. The predicted molar refractivity (Wildman–Crippen MR) is 231 cm³/mol. The van der Waals surface area contributed by atoms with E-state index >= 15 is 0 Å². The highest BCUT2D eigenvalue weighted by atomic mass is 35.5. The van der Waals surface area contributed by atoms with Gasteiger partial charge in [-0.15, -0.1) is 0 Å². The lowest BCUT2D eigenvalue weighted by Crippen LogP contribution is -3.00. The molecule has 0 aromatic heterocycles. The van der Waals surface area contributed by atoms with Crippen LogP contribution >= 0.6 is 14.5 Å². The van der Waals surface area contributed by atoms with Crippen LogP contribution < -0.4 is 56.6 Å². The first kappa shape index (κ1) is 40.4. The van der Waals surface area contributed by atoms with E-state index in [1.807, 2.05) is 0 Å². The molecule has 0 amide bonds. The van der Waals surface area contributed by atoms with Gasteiger partial charge in [0.25, 0.3) is 0 Å². The molecule has 0 aliphatic carbocycles. The second-order valence-corrected chi connectivity index (χ2v) is 19.9. The van der Waals surface area contributed by atoms with Gasteiger partial charge in [0.15, 0.2) is 0 Å². The van der Waals surface area contributed by atoms with E-state index in [9.17, 15) is 0 Å². The van der Waals surface area contributed by atoms with Gasteiger partial charge in [0.2, 0.25) is 0 Å². The molecule has 8 aromatic carbocycles. The van der Waals surface area contributed by atoms with E-state index in [-0.39, 0.29) is 24.8 Å². The molecule has 0 saturated carbocycles.